The fourth-order valence-corrected chi connectivity index (χ4v) is 6.95. The van der Waals surface area contributed by atoms with Crippen molar-refractivity contribution in [3.63, 3.8) is 0 Å². The number of carbonyl (C=O) groups excluding carboxylic acids is 1. The van der Waals surface area contributed by atoms with Crippen LogP contribution < -0.4 is 4.89 Å². The number of aliphatic hydroxyl groups is 1. The summed E-state index contributed by atoms with van der Waals surface area (Å²) in [6, 6.07) is 0. The van der Waals surface area contributed by atoms with Crippen LogP contribution in [-0.2, 0) is 23.1 Å². The molecule has 0 saturated carbocycles. The van der Waals surface area contributed by atoms with Crippen molar-refractivity contribution in [1.29, 1.82) is 0 Å². The smallest absolute Gasteiger partial charge is 0.305 e. The van der Waals surface area contributed by atoms with E-state index in [1.807, 2.05) is 21.1 Å². The predicted molar refractivity (Wildman–Crippen MR) is 222 cm³/mol. The molecule has 9 heteroatoms. The highest BCUT2D eigenvalue weighted by Gasteiger charge is 2.17. The Hall–Kier alpha value is -1.02. The molecule has 0 aliphatic carbocycles. The zero-order chi connectivity index (χ0) is 39.1. The summed E-state index contributed by atoms with van der Waals surface area (Å²) in [4.78, 5) is 23.7. The van der Waals surface area contributed by atoms with Gasteiger partial charge in [-0.15, -0.1) is 0 Å². The number of esters is 1. The maximum Gasteiger partial charge on any atom is 0.305 e. The van der Waals surface area contributed by atoms with E-state index in [4.69, 9.17) is 13.8 Å². The Balaban J connectivity index is 3.34. The number of unbranched alkanes of at least 4 members (excludes halogenated alkanes) is 26. The number of quaternary nitrogens is 1. The highest BCUT2D eigenvalue weighted by atomic mass is 31.2. The Bertz CT molecular complexity index is 905. The maximum atomic E-state index is 11.9. The molecule has 0 amide bonds. The molecule has 0 rings (SSSR count). The normalized spacial score (nSPS) is 14.0. The summed E-state index contributed by atoms with van der Waals surface area (Å²) in [6.45, 7) is 1.96. The third-order valence-corrected chi connectivity index (χ3v) is 10.7. The molecular weight excluding hydrogens is 685 g/mol. The third kappa shape index (κ3) is 43.6. The highest BCUT2D eigenvalue weighted by molar-refractivity contribution is 7.45. The first-order valence-corrected chi connectivity index (χ1v) is 23.6. The molecule has 0 aromatic rings. The van der Waals surface area contributed by atoms with Gasteiger partial charge in [-0.1, -0.05) is 179 Å². The first-order valence-electron chi connectivity index (χ1n) is 22.1. The van der Waals surface area contributed by atoms with Gasteiger partial charge in [0.05, 0.1) is 27.7 Å². The molecule has 0 radical (unpaired) electrons. The van der Waals surface area contributed by atoms with Crippen molar-refractivity contribution >= 4 is 13.8 Å². The number of hydrogen-bond acceptors (Lipinski definition) is 7. The first kappa shape index (κ1) is 52.0. The van der Waals surface area contributed by atoms with E-state index in [-0.39, 0.29) is 19.2 Å². The summed E-state index contributed by atoms with van der Waals surface area (Å²) >= 11 is 0. The predicted octanol–water partition coefficient (Wildman–Crippen LogP) is 11.9. The van der Waals surface area contributed by atoms with E-state index < -0.39 is 20.5 Å². The summed E-state index contributed by atoms with van der Waals surface area (Å²) in [5, 5.41) is 9.89. The minimum absolute atomic E-state index is 0.00651. The Morgan fingerprint density at radius 1 is 0.604 bits per heavy atom. The van der Waals surface area contributed by atoms with Crippen molar-refractivity contribution in [2.24, 2.45) is 0 Å². The molecule has 0 aliphatic rings. The van der Waals surface area contributed by atoms with Gasteiger partial charge < -0.3 is 28.3 Å². The van der Waals surface area contributed by atoms with Crippen LogP contribution in [0.3, 0.4) is 0 Å². The lowest BCUT2D eigenvalue weighted by Gasteiger charge is -2.27. The van der Waals surface area contributed by atoms with Crippen molar-refractivity contribution in [2.75, 3.05) is 47.5 Å². The Kier molecular flexibility index (Phi) is 37.2. The number of phosphoric ester groups is 1. The molecule has 314 valence electrons. The molecule has 53 heavy (non-hydrogen) atoms. The van der Waals surface area contributed by atoms with Gasteiger partial charge >= 0.3 is 5.97 Å². The molecule has 2 unspecified atom stereocenters. The zero-order valence-corrected chi connectivity index (χ0v) is 36.1. The van der Waals surface area contributed by atoms with E-state index in [1.54, 1.807) is 0 Å². The van der Waals surface area contributed by atoms with Crippen LogP contribution in [0.15, 0.2) is 24.3 Å². The number of carbonyl (C=O) groups is 1. The number of rotatable bonds is 41. The second-order valence-electron chi connectivity index (χ2n) is 16.3. The van der Waals surface area contributed by atoms with E-state index in [0.717, 1.165) is 25.7 Å². The quantitative estimate of drug-likeness (QED) is 0.0217. The minimum atomic E-state index is -4.50. The Labute approximate surface area is 328 Å². The fourth-order valence-electron chi connectivity index (χ4n) is 6.21. The molecule has 0 bridgehead atoms. The number of ether oxygens (including phenoxy) is 1. The van der Waals surface area contributed by atoms with Crippen LogP contribution in [0.5, 0.6) is 0 Å². The van der Waals surface area contributed by atoms with Crippen LogP contribution in [-0.4, -0.2) is 69.2 Å². The van der Waals surface area contributed by atoms with Crippen molar-refractivity contribution in [2.45, 2.75) is 206 Å². The molecular formula is C44H86NO7P. The van der Waals surface area contributed by atoms with Gasteiger partial charge in [0.25, 0.3) is 7.82 Å². The molecule has 8 nitrogen and oxygen atoms in total. The molecule has 0 saturated heterocycles. The lowest BCUT2D eigenvalue weighted by molar-refractivity contribution is -0.870. The van der Waals surface area contributed by atoms with Gasteiger partial charge in [-0.05, 0) is 38.5 Å². The molecule has 2 atom stereocenters. The average molecular weight is 772 g/mol. The molecule has 0 spiro atoms. The van der Waals surface area contributed by atoms with E-state index in [0.29, 0.717) is 17.4 Å². The van der Waals surface area contributed by atoms with Crippen LogP contribution in [0.1, 0.15) is 200 Å². The van der Waals surface area contributed by atoms with Crippen molar-refractivity contribution in [3.05, 3.63) is 24.3 Å². The molecule has 0 aromatic carbocycles. The van der Waals surface area contributed by atoms with Crippen molar-refractivity contribution in [3.8, 4) is 0 Å². The molecule has 0 fully saturated rings. The lowest BCUT2D eigenvalue weighted by atomic mass is 10.0. The lowest BCUT2D eigenvalue weighted by Crippen LogP contribution is -2.37. The van der Waals surface area contributed by atoms with Crippen LogP contribution in [0.25, 0.3) is 0 Å². The summed E-state index contributed by atoms with van der Waals surface area (Å²) < 4.78 is 26.9. The average Bonchev–Trinajstić information content (AvgIpc) is 3.11. The number of hydrogen-bond donors (Lipinski definition) is 1. The topological polar surface area (TPSA) is 105 Å². The summed E-state index contributed by atoms with van der Waals surface area (Å²) in [5.74, 6) is -0.383. The number of allylic oxidation sites excluding steroid dienone is 4. The Morgan fingerprint density at radius 2 is 1.00 bits per heavy atom. The third-order valence-electron chi connectivity index (χ3n) is 9.70. The molecule has 0 aromatic heterocycles. The molecule has 0 heterocycles. The fraction of sp³-hybridized carbons (Fsp3) is 0.886. The number of aliphatic hydroxyl groups excluding tert-OH is 1. The van der Waals surface area contributed by atoms with E-state index in [1.165, 1.54) is 161 Å². The second-order valence-corrected chi connectivity index (χ2v) is 17.7. The monoisotopic (exact) mass is 772 g/mol. The first-order chi connectivity index (χ1) is 25.6. The van der Waals surface area contributed by atoms with Gasteiger partial charge in [0.1, 0.15) is 25.9 Å². The number of nitrogens with zero attached hydrogens (tertiary/aromatic N) is 1. The van der Waals surface area contributed by atoms with Crippen molar-refractivity contribution in [1.82, 2.24) is 0 Å². The van der Waals surface area contributed by atoms with Gasteiger partial charge in [-0.3, -0.25) is 9.36 Å². The Morgan fingerprint density at radius 3 is 1.42 bits per heavy atom. The highest BCUT2D eigenvalue weighted by Crippen LogP contribution is 2.38. The largest absolute Gasteiger partial charge is 0.756 e. The van der Waals surface area contributed by atoms with Crippen LogP contribution in [0.4, 0.5) is 0 Å². The van der Waals surface area contributed by atoms with Crippen LogP contribution in [0, 0.1) is 0 Å². The van der Waals surface area contributed by atoms with E-state index >= 15 is 0 Å². The van der Waals surface area contributed by atoms with E-state index in [9.17, 15) is 19.4 Å². The standard InChI is InChI=1S/C44H86NO7P/c1-5-6-7-8-9-10-11-12-13-14-15-16-17-18-19-20-21-22-23-24-25-26-27-28-29-30-31-32-33-34-35-36-37-38-44(47)50-41-43(46)42-52-53(48,49)51-40-39-45(2,3)4/h11-12,14-15,43,46H,5-10,13,16-42H2,1-4H3/b12-11-,15-14-. The van der Waals surface area contributed by atoms with Gasteiger partial charge in [-0.2, -0.15) is 0 Å². The van der Waals surface area contributed by atoms with Gasteiger partial charge in [0.15, 0.2) is 0 Å². The molecule has 1 N–H and O–H groups in total. The summed E-state index contributed by atoms with van der Waals surface area (Å²) in [6.07, 6.45) is 46.5. The number of likely N-dealkylation sites (N-methyl/N-ethyl adjacent to an activating group) is 1. The molecule has 0 aliphatic heterocycles. The van der Waals surface area contributed by atoms with E-state index in [2.05, 4.69) is 31.2 Å². The minimum Gasteiger partial charge on any atom is -0.756 e. The van der Waals surface area contributed by atoms with Crippen LogP contribution in [0.2, 0.25) is 0 Å². The SMILES string of the molecule is CCCCCCC/C=C\C/C=C\CCCCCCCCCCCCCCCCCCCCCCCC(=O)OCC(O)COP(=O)([O-])OCC[N+](C)(C)C. The van der Waals surface area contributed by atoms with Crippen molar-refractivity contribution < 1.29 is 37.6 Å². The second kappa shape index (κ2) is 37.9. The zero-order valence-electron chi connectivity index (χ0n) is 35.2. The van der Waals surface area contributed by atoms with Gasteiger partial charge in [0, 0.05) is 6.42 Å². The summed E-state index contributed by atoms with van der Waals surface area (Å²) in [7, 11) is 1.26. The van der Waals surface area contributed by atoms with Gasteiger partial charge in [0.2, 0.25) is 0 Å². The van der Waals surface area contributed by atoms with Crippen LogP contribution >= 0.6 is 7.82 Å². The summed E-state index contributed by atoms with van der Waals surface area (Å²) in [5.41, 5.74) is 0. The van der Waals surface area contributed by atoms with Gasteiger partial charge in [-0.25, -0.2) is 0 Å². The number of phosphoric acid groups is 1. The maximum absolute atomic E-state index is 11.9.